The first-order chi connectivity index (χ1) is 13.5. The van der Waals surface area contributed by atoms with Gasteiger partial charge in [0.1, 0.15) is 0 Å². The van der Waals surface area contributed by atoms with Crippen molar-refractivity contribution in [1.82, 2.24) is 9.13 Å². The molecule has 2 aromatic carbocycles. The van der Waals surface area contributed by atoms with Crippen LogP contribution >= 0.6 is 0 Å². The van der Waals surface area contributed by atoms with Crippen LogP contribution in [0, 0.1) is 13.8 Å². The van der Waals surface area contributed by atoms with Gasteiger partial charge >= 0.3 is 0 Å². The predicted octanol–water partition coefficient (Wildman–Crippen LogP) is 4.29. The minimum Gasteiger partial charge on any atom is -0.284 e. The Morgan fingerprint density at radius 2 is 0.857 bits per heavy atom. The zero-order valence-electron chi connectivity index (χ0n) is 15.9. The number of hydrogen-bond donors (Lipinski definition) is 0. The molecule has 4 heteroatoms. The molecule has 0 aliphatic heterocycles. The number of aryl methyl sites for hydroxylation is 2. The third-order valence-electron chi connectivity index (χ3n) is 4.19. The summed E-state index contributed by atoms with van der Waals surface area (Å²) in [4.78, 5) is 23.1. The van der Waals surface area contributed by atoms with Crippen molar-refractivity contribution in [2.45, 2.75) is 13.8 Å². The highest BCUT2D eigenvalue weighted by Crippen LogP contribution is 2.05. The Bertz CT molecular complexity index is 1070. The Labute approximate surface area is 164 Å². The summed E-state index contributed by atoms with van der Waals surface area (Å²) in [7, 11) is 0. The van der Waals surface area contributed by atoms with E-state index in [4.69, 9.17) is 0 Å². The summed E-state index contributed by atoms with van der Waals surface area (Å²) in [6.07, 6.45) is 3.69. The molecule has 2 aromatic heterocycles. The van der Waals surface area contributed by atoms with Gasteiger partial charge in [-0.3, -0.25) is 18.7 Å². The van der Waals surface area contributed by atoms with E-state index in [1.807, 2.05) is 99.0 Å². The Balaban J connectivity index is 0.000000161. The molecular formula is C24H22N2O2. The minimum atomic E-state index is 0.00167. The second-order valence-electron chi connectivity index (χ2n) is 6.50. The molecule has 4 nitrogen and oxygen atoms in total. The lowest BCUT2D eigenvalue weighted by atomic mass is 10.3. The second kappa shape index (κ2) is 8.82. The van der Waals surface area contributed by atoms with Gasteiger partial charge in [-0.1, -0.05) is 48.5 Å². The minimum absolute atomic E-state index is 0.00167. The van der Waals surface area contributed by atoms with Crippen LogP contribution in [0.1, 0.15) is 11.1 Å². The van der Waals surface area contributed by atoms with Crippen molar-refractivity contribution in [3.8, 4) is 11.4 Å². The Kier molecular flexibility index (Phi) is 6.02. The molecule has 4 rings (SSSR count). The van der Waals surface area contributed by atoms with E-state index >= 15 is 0 Å². The summed E-state index contributed by atoms with van der Waals surface area (Å²) in [6.45, 7) is 3.94. The SMILES string of the molecule is Cc1ccc(=O)n(-c2ccccc2)c1.Cc1ccc(=O)n(-c2ccccc2)c1. The van der Waals surface area contributed by atoms with Crippen LogP contribution in [0.3, 0.4) is 0 Å². The van der Waals surface area contributed by atoms with Gasteiger partial charge in [0.15, 0.2) is 0 Å². The van der Waals surface area contributed by atoms with Crippen LogP contribution in [-0.4, -0.2) is 9.13 Å². The van der Waals surface area contributed by atoms with Gasteiger partial charge in [0.25, 0.3) is 11.1 Å². The topological polar surface area (TPSA) is 44.0 Å². The van der Waals surface area contributed by atoms with Crippen molar-refractivity contribution >= 4 is 0 Å². The van der Waals surface area contributed by atoms with Gasteiger partial charge in [0.05, 0.1) is 0 Å². The fourth-order valence-corrected chi connectivity index (χ4v) is 2.77. The van der Waals surface area contributed by atoms with Crippen molar-refractivity contribution in [3.05, 3.63) is 129 Å². The molecule has 0 aliphatic carbocycles. The summed E-state index contributed by atoms with van der Waals surface area (Å²) in [5.41, 5.74) is 3.97. The number of para-hydroxylation sites is 2. The van der Waals surface area contributed by atoms with E-state index in [2.05, 4.69) is 0 Å². The lowest BCUT2D eigenvalue weighted by Crippen LogP contribution is -2.16. The Morgan fingerprint density at radius 1 is 0.500 bits per heavy atom. The van der Waals surface area contributed by atoms with E-state index in [-0.39, 0.29) is 11.1 Å². The van der Waals surface area contributed by atoms with Crippen LogP contribution in [0.5, 0.6) is 0 Å². The van der Waals surface area contributed by atoms with E-state index in [1.165, 1.54) is 0 Å². The maximum Gasteiger partial charge on any atom is 0.255 e. The average Bonchev–Trinajstić information content (AvgIpc) is 2.73. The fourth-order valence-electron chi connectivity index (χ4n) is 2.77. The number of benzene rings is 2. The molecule has 0 spiro atoms. The lowest BCUT2D eigenvalue weighted by molar-refractivity contribution is 0.976. The van der Waals surface area contributed by atoms with Crippen molar-refractivity contribution in [2.24, 2.45) is 0 Å². The first kappa shape index (κ1) is 19.1. The van der Waals surface area contributed by atoms with Crippen molar-refractivity contribution in [1.29, 1.82) is 0 Å². The molecule has 140 valence electrons. The van der Waals surface area contributed by atoms with Gasteiger partial charge in [-0.2, -0.15) is 0 Å². The predicted molar refractivity (Wildman–Crippen MR) is 114 cm³/mol. The van der Waals surface area contributed by atoms with E-state index in [9.17, 15) is 9.59 Å². The van der Waals surface area contributed by atoms with Gasteiger partial charge in [-0.05, 0) is 49.2 Å². The number of rotatable bonds is 2. The van der Waals surface area contributed by atoms with E-state index in [1.54, 1.807) is 21.3 Å². The quantitative estimate of drug-likeness (QED) is 0.528. The fraction of sp³-hybridized carbons (Fsp3) is 0.0833. The second-order valence-corrected chi connectivity index (χ2v) is 6.50. The van der Waals surface area contributed by atoms with E-state index in [0.717, 1.165) is 22.5 Å². The summed E-state index contributed by atoms with van der Waals surface area (Å²) in [5.74, 6) is 0. The molecule has 0 atom stereocenters. The van der Waals surface area contributed by atoms with Crippen molar-refractivity contribution in [2.75, 3.05) is 0 Å². The monoisotopic (exact) mass is 370 g/mol. The average molecular weight is 370 g/mol. The molecule has 0 aliphatic rings. The van der Waals surface area contributed by atoms with Gasteiger partial charge < -0.3 is 0 Å². The first-order valence-electron chi connectivity index (χ1n) is 9.04. The van der Waals surface area contributed by atoms with Crippen LogP contribution in [0.2, 0.25) is 0 Å². The number of pyridine rings is 2. The smallest absolute Gasteiger partial charge is 0.255 e. The maximum atomic E-state index is 11.5. The van der Waals surface area contributed by atoms with Gasteiger partial charge in [-0.15, -0.1) is 0 Å². The van der Waals surface area contributed by atoms with Gasteiger partial charge in [0.2, 0.25) is 0 Å². The van der Waals surface area contributed by atoms with Crippen LogP contribution in [0.25, 0.3) is 11.4 Å². The highest BCUT2D eigenvalue weighted by Gasteiger charge is 1.98. The summed E-state index contributed by atoms with van der Waals surface area (Å²) in [6, 6.07) is 26.0. The van der Waals surface area contributed by atoms with Crippen molar-refractivity contribution in [3.63, 3.8) is 0 Å². The lowest BCUT2D eigenvalue weighted by Gasteiger charge is -2.05. The molecule has 0 radical (unpaired) electrons. The normalized spacial score (nSPS) is 10.1. The van der Waals surface area contributed by atoms with E-state index < -0.39 is 0 Å². The molecule has 0 N–H and O–H groups in total. The van der Waals surface area contributed by atoms with Crippen LogP contribution < -0.4 is 11.1 Å². The summed E-state index contributed by atoms with van der Waals surface area (Å²) >= 11 is 0. The molecule has 0 fully saturated rings. The number of nitrogens with zero attached hydrogens (tertiary/aromatic N) is 2. The third-order valence-corrected chi connectivity index (χ3v) is 4.19. The first-order valence-corrected chi connectivity index (χ1v) is 9.04. The van der Waals surface area contributed by atoms with Crippen molar-refractivity contribution < 1.29 is 0 Å². The standard InChI is InChI=1S/2C12H11NO/c2*1-10-7-8-12(14)13(9-10)11-5-3-2-4-6-11/h2*2-9H,1H3. The largest absolute Gasteiger partial charge is 0.284 e. The van der Waals surface area contributed by atoms with Crippen LogP contribution in [0.4, 0.5) is 0 Å². The zero-order valence-corrected chi connectivity index (χ0v) is 15.9. The molecule has 0 amide bonds. The molecule has 2 heterocycles. The van der Waals surface area contributed by atoms with E-state index in [0.29, 0.717) is 0 Å². The number of aromatic nitrogens is 2. The molecular weight excluding hydrogens is 348 g/mol. The summed E-state index contributed by atoms with van der Waals surface area (Å²) < 4.78 is 3.30. The molecule has 4 aromatic rings. The maximum absolute atomic E-state index is 11.5. The molecule has 0 saturated heterocycles. The van der Waals surface area contributed by atoms with Gasteiger partial charge in [0, 0.05) is 35.9 Å². The molecule has 28 heavy (non-hydrogen) atoms. The third kappa shape index (κ3) is 4.74. The highest BCUT2D eigenvalue weighted by molar-refractivity contribution is 5.33. The van der Waals surface area contributed by atoms with Crippen LogP contribution in [0.15, 0.2) is 107 Å². The highest BCUT2D eigenvalue weighted by atomic mass is 16.1. The number of hydrogen-bond acceptors (Lipinski definition) is 2. The van der Waals surface area contributed by atoms with Crippen LogP contribution in [-0.2, 0) is 0 Å². The molecule has 0 bridgehead atoms. The Hall–Kier alpha value is -3.66. The zero-order chi connectivity index (χ0) is 19.9. The Morgan fingerprint density at radius 3 is 1.21 bits per heavy atom. The molecule has 0 saturated carbocycles. The summed E-state index contributed by atoms with van der Waals surface area (Å²) in [5, 5.41) is 0. The molecule has 0 unspecified atom stereocenters. The van der Waals surface area contributed by atoms with Gasteiger partial charge in [-0.25, -0.2) is 0 Å².